The molecule has 11 heteroatoms. The number of fused-ring (bicyclic) bond motifs is 1. The number of hydrogen-bond donors (Lipinski definition) is 2. The van der Waals surface area contributed by atoms with E-state index < -0.39 is 35.1 Å². The lowest BCUT2D eigenvalue weighted by Gasteiger charge is -2.11. The summed E-state index contributed by atoms with van der Waals surface area (Å²) in [5, 5.41) is 3.02. The van der Waals surface area contributed by atoms with Gasteiger partial charge in [-0.05, 0) is 36.8 Å². The Hall–Kier alpha value is -2.82. The zero-order chi connectivity index (χ0) is 22.4. The van der Waals surface area contributed by atoms with Crippen LogP contribution in [0.1, 0.15) is 12.0 Å². The molecule has 0 aromatic heterocycles. The molecule has 0 radical (unpaired) electrons. The van der Waals surface area contributed by atoms with Crippen molar-refractivity contribution in [3.8, 4) is 11.5 Å². The Bertz CT molecular complexity index is 1090. The molecule has 166 valence electrons. The maximum atomic E-state index is 12.4. The van der Waals surface area contributed by atoms with Gasteiger partial charge >= 0.3 is 5.97 Å². The van der Waals surface area contributed by atoms with Crippen molar-refractivity contribution in [3.05, 3.63) is 47.0 Å². The third-order valence-electron chi connectivity index (χ3n) is 4.26. The molecule has 3 rings (SSSR count). The molecule has 9 nitrogen and oxygen atoms in total. The van der Waals surface area contributed by atoms with E-state index in [-0.39, 0.29) is 4.90 Å². The molecule has 0 bridgehead atoms. The topological polar surface area (TPSA) is 120 Å². The van der Waals surface area contributed by atoms with Gasteiger partial charge in [-0.1, -0.05) is 17.7 Å². The zero-order valence-electron chi connectivity index (χ0n) is 16.6. The van der Waals surface area contributed by atoms with Gasteiger partial charge in [0.05, 0.1) is 18.1 Å². The van der Waals surface area contributed by atoms with E-state index in [9.17, 15) is 18.0 Å². The summed E-state index contributed by atoms with van der Waals surface area (Å²) in [5.41, 5.74) is 1.30. The van der Waals surface area contributed by atoms with E-state index in [1.165, 1.54) is 18.2 Å². The Balaban J connectivity index is 1.50. The van der Waals surface area contributed by atoms with Crippen LogP contribution in [0.25, 0.3) is 0 Å². The summed E-state index contributed by atoms with van der Waals surface area (Å²) in [5.74, 6) is -0.721. The average Bonchev–Trinajstić information content (AvgIpc) is 2.98. The van der Waals surface area contributed by atoms with Crippen LogP contribution in [-0.2, 0) is 24.3 Å². The fourth-order valence-corrected chi connectivity index (χ4v) is 3.78. The van der Waals surface area contributed by atoms with E-state index >= 15 is 0 Å². The van der Waals surface area contributed by atoms with Gasteiger partial charge in [0, 0.05) is 23.2 Å². The minimum Gasteiger partial charge on any atom is -0.490 e. The minimum atomic E-state index is -4.00. The maximum Gasteiger partial charge on any atom is 0.321 e. The quantitative estimate of drug-likeness (QED) is 0.598. The largest absolute Gasteiger partial charge is 0.490 e. The Morgan fingerprint density at radius 3 is 2.58 bits per heavy atom. The van der Waals surface area contributed by atoms with Crippen LogP contribution in [0.15, 0.2) is 41.3 Å². The Kier molecular flexibility index (Phi) is 7.37. The molecule has 1 aliphatic rings. The zero-order valence-corrected chi connectivity index (χ0v) is 18.2. The smallest absolute Gasteiger partial charge is 0.321 e. The highest BCUT2D eigenvalue weighted by atomic mass is 35.5. The molecule has 0 atom stereocenters. The third kappa shape index (κ3) is 6.33. The van der Waals surface area contributed by atoms with Gasteiger partial charge in [-0.2, -0.15) is 4.72 Å². The molecule has 31 heavy (non-hydrogen) atoms. The Morgan fingerprint density at radius 1 is 1.10 bits per heavy atom. The number of hydrogen-bond acceptors (Lipinski definition) is 7. The summed E-state index contributed by atoms with van der Waals surface area (Å²) >= 11 is 5.99. The number of ether oxygens (including phenoxy) is 3. The molecular formula is C20H21ClN2O7S. The fourth-order valence-electron chi connectivity index (χ4n) is 2.61. The van der Waals surface area contributed by atoms with Gasteiger partial charge in [0.1, 0.15) is 6.54 Å². The van der Waals surface area contributed by atoms with Gasteiger partial charge in [-0.15, -0.1) is 0 Å². The number of rotatable bonds is 7. The maximum absolute atomic E-state index is 12.4. The van der Waals surface area contributed by atoms with Crippen LogP contribution in [0.2, 0.25) is 5.02 Å². The molecule has 0 saturated carbocycles. The first-order valence-corrected chi connectivity index (χ1v) is 11.2. The Labute approximate surface area is 184 Å². The second kappa shape index (κ2) is 9.99. The number of halogens is 1. The predicted octanol–water partition coefficient (Wildman–Crippen LogP) is 2.27. The van der Waals surface area contributed by atoms with E-state index in [4.69, 9.17) is 25.8 Å². The first kappa shape index (κ1) is 22.9. The van der Waals surface area contributed by atoms with Crippen molar-refractivity contribution in [1.82, 2.24) is 4.72 Å². The molecule has 0 spiro atoms. The van der Waals surface area contributed by atoms with E-state index in [1.54, 1.807) is 18.2 Å². The molecule has 0 aliphatic carbocycles. The number of sulfonamides is 1. The van der Waals surface area contributed by atoms with Gasteiger partial charge in [0.15, 0.2) is 18.1 Å². The highest BCUT2D eigenvalue weighted by molar-refractivity contribution is 7.89. The van der Waals surface area contributed by atoms with Crippen molar-refractivity contribution in [3.63, 3.8) is 0 Å². The van der Waals surface area contributed by atoms with Crippen molar-refractivity contribution in [2.75, 3.05) is 31.7 Å². The minimum absolute atomic E-state index is 0.0847. The van der Waals surface area contributed by atoms with Gasteiger partial charge in [0.2, 0.25) is 10.0 Å². The number of esters is 1. The summed E-state index contributed by atoms with van der Waals surface area (Å²) < 4.78 is 42.8. The molecular weight excluding hydrogens is 448 g/mol. The molecule has 1 amide bonds. The SMILES string of the molecule is Cc1ccc(NC(=O)COC(=O)CNS(=O)(=O)c2ccc3c(c2)OCCCO3)cc1Cl. The number of carbonyl (C=O) groups is 2. The van der Waals surface area contributed by atoms with Crippen LogP contribution in [0.3, 0.4) is 0 Å². The summed E-state index contributed by atoms with van der Waals surface area (Å²) in [4.78, 5) is 23.7. The van der Waals surface area contributed by atoms with Crippen LogP contribution in [0, 0.1) is 6.92 Å². The number of aryl methyl sites for hydroxylation is 1. The van der Waals surface area contributed by atoms with Gasteiger partial charge < -0.3 is 19.5 Å². The first-order chi connectivity index (χ1) is 14.7. The van der Waals surface area contributed by atoms with Crippen LogP contribution >= 0.6 is 11.6 Å². The van der Waals surface area contributed by atoms with Gasteiger partial charge in [0.25, 0.3) is 5.91 Å². The molecule has 0 fully saturated rings. The fraction of sp³-hybridized carbons (Fsp3) is 0.300. The van der Waals surface area contributed by atoms with Crippen molar-refractivity contribution < 1.29 is 32.2 Å². The van der Waals surface area contributed by atoms with Crippen LogP contribution in [0.4, 0.5) is 5.69 Å². The summed E-state index contributed by atoms with van der Waals surface area (Å²) in [6.45, 7) is 1.50. The number of carbonyl (C=O) groups excluding carboxylic acids is 2. The van der Waals surface area contributed by atoms with E-state index in [1.807, 2.05) is 6.92 Å². The monoisotopic (exact) mass is 468 g/mol. The normalized spacial score (nSPS) is 13.2. The van der Waals surface area contributed by atoms with Gasteiger partial charge in [-0.3, -0.25) is 9.59 Å². The molecule has 0 unspecified atom stereocenters. The molecule has 2 aromatic rings. The second-order valence-electron chi connectivity index (χ2n) is 6.66. The average molecular weight is 469 g/mol. The lowest BCUT2D eigenvalue weighted by molar-refractivity contribution is -0.146. The van der Waals surface area contributed by atoms with Crippen molar-refractivity contribution in [2.45, 2.75) is 18.2 Å². The second-order valence-corrected chi connectivity index (χ2v) is 8.83. The van der Waals surface area contributed by atoms with Crippen LogP contribution in [0.5, 0.6) is 11.5 Å². The van der Waals surface area contributed by atoms with Crippen molar-refractivity contribution in [2.24, 2.45) is 0 Å². The Morgan fingerprint density at radius 2 is 1.84 bits per heavy atom. The highest BCUT2D eigenvalue weighted by Crippen LogP contribution is 2.31. The lowest BCUT2D eigenvalue weighted by atomic mass is 10.2. The predicted molar refractivity (Wildman–Crippen MR) is 113 cm³/mol. The molecule has 1 aliphatic heterocycles. The van der Waals surface area contributed by atoms with Crippen molar-refractivity contribution >= 4 is 39.2 Å². The standard InChI is InChI=1S/C20H21ClN2O7S/c1-13-3-4-14(9-16(13)21)23-19(24)12-30-20(25)11-22-31(26,27)15-5-6-17-18(10-15)29-8-2-7-28-17/h3-6,9-10,22H,2,7-8,11-12H2,1H3,(H,23,24). The van der Waals surface area contributed by atoms with E-state index in [2.05, 4.69) is 10.0 Å². The number of benzene rings is 2. The van der Waals surface area contributed by atoms with E-state index in [0.29, 0.717) is 41.8 Å². The highest BCUT2D eigenvalue weighted by Gasteiger charge is 2.20. The molecule has 2 aromatic carbocycles. The van der Waals surface area contributed by atoms with Crippen LogP contribution in [-0.4, -0.2) is 46.7 Å². The van der Waals surface area contributed by atoms with Crippen LogP contribution < -0.4 is 19.5 Å². The first-order valence-electron chi connectivity index (χ1n) is 9.35. The molecule has 0 saturated heterocycles. The number of anilines is 1. The molecule has 1 heterocycles. The summed E-state index contributed by atoms with van der Waals surface area (Å²) in [6, 6.07) is 9.13. The lowest BCUT2D eigenvalue weighted by Crippen LogP contribution is -2.32. The number of amides is 1. The molecule has 2 N–H and O–H groups in total. The third-order valence-corrected chi connectivity index (χ3v) is 6.06. The van der Waals surface area contributed by atoms with E-state index in [0.717, 1.165) is 5.56 Å². The van der Waals surface area contributed by atoms with Crippen molar-refractivity contribution in [1.29, 1.82) is 0 Å². The summed E-state index contributed by atoms with van der Waals surface area (Å²) in [7, 11) is -4.00. The number of nitrogens with one attached hydrogen (secondary N) is 2. The summed E-state index contributed by atoms with van der Waals surface area (Å²) in [6.07, 6.45) is 0.686. The van der Waals surface area contributed by atoms with Gasteiger partial charge in [-0.25, -0.2) is 8.42 Å².